The first-order valence-electron chi connectivity index (χ1n) is 29.5. The fourth-order valence-corrected chi connectivity index (χ4v) is 10.5. The normalized spacial score (nSPS) is 12.6. The van der Waals surface area contributed by atoms with E-state index in [1.165, 1.54) is 289 Å². The number of hydrogen-bond donors (Lipinski definition) is 1. The van der Waals surface area contributed by atoms with Crippen LogP contribution < -0.4 is 0 Å². The van der Waals surface area contributed by atoms with Crippen LogP contribution >= 0.6 is 0 Å². The fourth-order valence-electron chi connectivity index (χ4n) is 10.5. The van der Waals surface area contributed by atoms with Gasteiger partial charge in [0.1, 0.15) is 0 Å². The van der Waals surface area contributed by atoms with E-state index < -0.39 is 11.4 Å². The molecule has 2 heteroatoms. The highest BCUT2D eigenvalue weighted by molar-refractivity contribution is 5.75. The lowest BCUT2D eigenvalue weighted by molar-refractivity contribution is -0.155. The highest BCUT2D eigenvalue weighted by Crippen LogP contribution is 2.45. The van der Waals surface area contributed by atoms with Crippen molar-refractivity contribution in [2.45, 2.75) is 355 Å². The molecule has 0 aromatic carbocycles. The second kappa shape index (κ2) is 51.2. The first-order chi connectivity index (χ1) is 30.6. The summed E-state index contributed by atoms with van der Waals surface area (Å²) in [5.74, 6) is -0.100. The Morgan fingerprint density at radius 2 is 0.532 bits per heavy atom. The summed E-state index contributed by atoms with van der Waals surface area (Å²) >= 11 is 0. The number of hydrogen-bond acceptors (Lipinski definition) is 1. The highest BCUT2D eigenvalue weighted by Gasteiger charge is 2.43. The Hall–Kier alpha value is -0.790. The van der Waals surface area contributed by atoms with Crippen molar-refractivity contribution in [3.8, 4) is 0 Å². The van der Waals surface area contributed by atoms with E-state index in [0.29, 0.717) is 5.92 Å². The van der Waals surface area contributed by atoms with Gasteiger partial charge in [-0.2, -0.15) is 0 Å². The van der Waals surface area contributed by atoms with Crippen LogP contribution in [0.1, 0.15) is 355 Å². The lowest BCUT2D eigenvalue weighted by Crippen LogP contribution is -2.39. The van der Waals surface area contributed by atoms with Crippen LogP contribution in [0, 0.1) is 11.3 Å². The number of carboxylic acids is 1. The van der Waals surface area contributed by atoms with Crippen LogP contribution in [-0.4, -0.2) is 11.1 Å². The summed E-state index contributed by atoms with van der Waals surface area (Å²) in [5.41, 5.74) is -0.522. The van der Waals surface area contributed by atoms with Gasteiger partial charge in [0, 0.05) is 0 Å². The minimum absolute atomic E-state index is 0.340. The second-order valence-electron chi connectivity index (χ2n) is 20.8. The molecule has 0 radical (unpaired) electrons. The van der Waals surface area contributed by atoms with Crippen LogP contribution in [0.2, 0.25) is 0 Å². The van der Waals surface area contributed by atoms with Crippen LogP contribution in [0.25, 0.3) is 0 Å². The Morgan fingerprint density at radius 3 is 0.790 bits per heavy atom. The predicted octanol–water partition coefficient (Wildman–Crippen LogP) is 22.2. The molecule has 1 N–H and O–H groups in total. The van der Waals surface area contributed by atoms with Gasteiger partial charge in [0.2, 0.25) is 0 Å². The van der Waals surface area contributed by atoms with Crippen LogP contribution in [0.5, 0.6) is 0 Å². The maximum atomic E-state index is 13.8. The molecule has 1 unspecified atom stereocenters. The molecule has 1 atom stereocenters. The molecule has 0 saturated carbocycles. The molecule has 0 aliphatic heterocycles. The lowest BCUT2D eigenvalue weighted by atomic mass is 9.65. The molecule has 0 fully saturated rings. The maximum Gasteiger partial charge on any atom is 0.309 e. The molecule has 0 aromatic rings. The average molecular weight is 872 g/mol. The monoisotopic (exact) mass is 871 g/mol. The maximum absolute atomic E-state index is 13.8. The molecule has 0 spiro atoms. The van der Waals surface area contributed by atoms with E-state index >= 15 is 0 Å². The number of unbranched alkanes of at least 4 members (excludes halogenated alkanes) is 42. The topological polar surface area (TPSA) is 37.3 Å². The van der Waals surface area contributed by atoms with Gasteiger partial charge >= 0.3 is 5.97 Å². The summed E-state index contributed by atoms with van der Waals surface area (Å²) in [7, 11) is 0. The van der Waals surface area contributed by atoms with Crippen molar-refractivity contribution in [3.05, 3.63) is 12.2 Å². The van der Waals surface area contributed by atoms with E-state index in [-0.39, 0.29) is 0 Å². The number of carbonyl (C=O) groups is 1. The van der Waals surface area contributed by atoms with E-state index in [4.69, 9.17) is 0 Å². The first kappa shape index (κ1) is 61.2. The van der Waals surface area contributed by atoms with Crippen molar-refractivity contribution in [2.75, 3.05) is 0 Å². The van der Waals surface area contributed by atoms with Gasteiger partial charge in [0.25, 0.3) is 0 Å². The molecule has 2 nitrogen and oxygen atoms in total. The van der Waals surface area contributed by atoms with E-state index in [1.807, 2.05) is 0 Å². The van der Waals surface area contributed by atoms with Crippen molar-refractivity contribution < 1.29 is 9.90 Å². The first-order valence-corrected chi connectivity index (χ1v) is 29.5. The zero-order chi connectivity index (χ0) is 45.1. The van der Waals surface area contributed by atoms with Crippen LogP contribution in [0.3, 0.4) is 0 Å². The van der Waals surface area contributed by atoms with Crippen molar-refractivity contribution in [1.29, 1.82) is 0 Å². The summed E-state index contributed by atoms with van der Waals surface area (Å²) in [6.07, 6.45) is 72.1. The minimum Gasteiger partial charge on any atom is -0.481 e. The molecular weight excluding hydrogens is 753 g/mol. The summed E-state index contributed by atoms with van der Waals surface area (Å²) in [6, 6.07) is 0. The molecule has 370 valence electrons. The smallest absolute Gasteiger partial charge is 0.309 e. The zero-order valence-corrected chi connectivity index (χ0v) is 43.6. The van der Waals surface area contributed by atoms with Gasteiger partial charge in [-0.1, -0.05) is 316 Å². The van der Waals surface area contributed by atoms with Gasteiger partial charge in [-0.25, -0.2) is 0 Å². The van der Waals surface area contributed by atoms with Crippen molar-refractivity contribution >= 4 is 5.97 Å². The summed E-state index contributed by atoms with van der Waals surface area (Å²) in [4.78, 5) is 13.8. The molecule has 0 rings (SSSR count). The van der Waals surface area contributed by atoms with Gasteiger partial charge in [-0.05, 0) is 57.3 Å². The Kier molecular flexibility index (Phi) is 50.5. The largest absolute Gasteiger partial charge is 0.481 e. The fraction of sp³-hybridized carbons (Fsp3) is 0.950. The van der Waals surface area contributed by atoms with E-state index in [1.54, 1.807) is 0 Å². The van der Waals surface area contributed by atoms with Crippen LogP contribution in [-0.2, 0) is 4.79 Å². The van der Waals surface area contributed by atoms with Crippen molar-refractivity contribution in [2.24, 2.45) is 11.3 Å². The number of allylic oxidation sites excluding steroid dienone is 2. The van der Waals surface area contributed by atoms with Gasteiger partial charge in [0.15, 0.2) is 0 Å². The molecule has 0 aromatic heterocycles. The SMILES string of the molecule is CCCCCCCC/C=C\CCCCCC(CCCCCCCCCCCCCC)C(CCCCCCCCCCCCCC)(CCCCCCCCCCCCCC)C(=O)O. The summed E-state index contributed by atoms with van der Waals surface area (Å²) in [6.45, 7) is 9.21. The van der Waals surface area contributed by atoms with E-state index in [9.17, 15) is 9.90 Å². The predicted molar refractivity (Wildman–Crippen MR) is 281 cm³/mol. The Balaban J connectivity index is 5.35. The Morgan fingerprint density at radius 1 is 0.323 bits per heavy atom. The lowest BCUT2D eigenvalue weighted by Gasteiger charge is -2.38. The third kappa shape index (κ3) is 40.7. The van der Waals surface area contributed by atoms with Gasteiger partial charge in [-0.15, -0.1) is 0 Å². The summed E-state index contributed by atoms with van der Waals surface area (Å²) in [5, 5.41) is 11.3. The highest BCUT2D eigenvalue weighted by atomic mass is 16.4. The number of aliphatic carboxylic acids is 1. The molecule has 0 aliphatic carbocycles. The van der Waals surface area contributed by atoms with Gasteiger partial charge in [-0.3, -0.25) is 4.79 Å². The molecule has 0 heterocycles. The molecule has 0 amide bonds. The summed E-state index contributed by atoms with van der Waals surface area (Å²) < 4.78 is 0. The van der Waals surface area contributed by atoms with Crippen LogP contribution in [0.4, 0.5) is 0 Å². The Labute approximate surface area is 393 Å². The minimum atomic E-state index is -0.522. The molecule has 62 heavy (non-hydrogen) atoms. The molecule has 0 bridgehead atoms. The third-order valence-corrected chi connectivity index (χ3v) is 14.9. The second-order valence-corrected chi connectivity index (χ2v) is 20.8. The van der Waals surface area contributed by atoms with E-state index in [0.717, 1.165) is 38.5 Å². The van der Waals surface area contributed by atoms with Crippen molar-refractivity contribution in [1.82, 2.24) is 0 Å². The molecule has 0 saturated heterocycles. The quantitative estimate of drug-likeness (QED) is 0.0488. The van der Waals surface area contributed by atoms with Gasteiger partial charge < -0.3 is 5.11 Å². The third-order valence-electron chi connectivity index (χ3n) is 14.9. The Bertz CT molecular complexity index is 848. The van der Waals surface area contributed by atoms with E-state index in [2.05, 4.69) is 39.8 Å². The zero-order valence-electron chi connectivity index (χ0n) is 43.6. The average Bonchev–Trinajstić information content (AvgIpc) is 3.27. The molecular formula is C60H118O2. The number of carboxylic acid groups (broad SMARTS) is 1. The molecule has 0 aliphatic rings. The number of rotatable bonds is 54. The van der Waals surface area contributed by atoms with Crippen molar-refractivity contribution in [3.63, 3.8) is 0 Å². The van der Waals surface area contributed by atoms with Crippen LogP contribution in [0.15, 0.2) is 12.2 Å². The van der Waals surface area contributed by atoms with Gasteiger partial charge in [0.05, 0.1) is 5.41 Å². The standard InChI is InChI=1S/C60H118O2/c1-5-9-13-17-21-25-29-33-35-39-43-47-51-55-58(54-50-46-42-38-34-30-26-22-18-14-10-6-2)60(59(61)62,56-52-48-44-40-36-31-27-23-19-15-11-7-3)57-53-49-45-41-37-32-28-24-20-16-12-8-4/h33,35,58H,5-32,34,36-57H2,1-4H3,(H,61,62)/b35-33-.